The van der Waals surface area contributed by atoms with Gasteiger partial charge in [0.05, 0.1) is 23.9 Å². The molecule has 0 saturated carbocycles. The largest absolute Gasteiger partial charge is 0.497 e. The first-order valence-corrected chi connectivity index (χ1v) is 12.4. The number of nitrogens with zero attached hydrogens (tertiary/aromatic N) is 4. The van der Waals surface area contributed by atoms with Crippen LogP contribution in [0.15, 0.2) is 109 Å². The SMILES string of the molecule is COc1ccc(C2=C(Nc3ccc(C#N)cn3)Cc3c(-c4ccccc4)c(-c4ccccc4)nn3C2=O)cc1. The minimum absolute atomic E-state index is 0.239. The number of allylic oxidation sites excluding steroid dienone is 2. The van der Waals surface area contributed by atoms with E-state index in [-0.39, 0.29) is 5.91 Å². The highest BCUT2D eigenvalue weighted by molar-refractivity contribution is 6.23. The van der Waals surface area contributed by atoms with Gasteiger partial charge in [0.1, 0.15) is 23.3 Å². The Kier molecular flexibility index (Phi) is 6.20. The van der Waals surface area contributed by atoms with Crippen LogP contribution in [0.3, 0.4) is 0 Å². The van der Waals surface area contributed by atoms with Crippen LogP contribution in [0.1, 0.15) is 21.6 Å². The molecule has 5 aromatic rings. The fraction of sp³-hybridized carbons (Fsp3) is 0.0625. The predicted molar refractivity (Wildman–Crippen MR) is 150 cm³/mol. The fourth-order valence-corrected chi connectivity index (χ4v) is 4.83. The molecule has 0 unspecified atom stereocenters. The van der Waals surface area contributed by atoms with Crippen molar-refractivity contribution in [1.82, 2.24) is 14.8 Å². The lowest BCUT2D eigenvalue weighted by molar-refractivity contribution is 0.0958. The summed E-state index contributed by atoms with van der Waals surface area (Å²) in [5, 5.41) is 17.4. The Balaban J connectivity index is 1.54. The van der Waals surface area contributed by atoms with Crippen molar-refractivity contribution in [2.75, 3.05) is 12.4 Å². The van der Waals surface area contributed by atoms with Crippen molar-refractivity contribution in [3.63, 3.8) is 0 Å². The number of nitriles is 1. The van der Waals surface area contributed by atoms with Crippen molar-refractivity contribution < 1.29 is 9.53 Å². The molecule has 0 fully saturated rings. The first kappa shape index (κ1) is 23.9. The number of hydrogen-bond donors (Lipinski definition) is 1. The quantitative estimate of drug-likeness (QED) is 0.292. The number of fused-ring (bicyclic) bond motifs is 1. The second-order valence-corrected chi connectivity index (χ2v) is 9.05. The van der Waals surface area contributed by atoms with Crippen LogP contribution in [0.2, 0.25) is 0 Å². The number of pyridine rings is 1. The molecule has 7 heteroatoms. The maximum absolute atomic E-state index is 14.2. The van der Waals surface area contributed by atoms with Crippen LogP contribution < -0.4 is 10.1 Å². The van der Waals surface area contributed by atoms with Crippen LogP contribution in [-0.2, 0) is 6.42 Å². The minimum Gasteiger partial charge on any atom is -0.497 e. The monoisotopic (exact) mass is 509 g/mol. The number of hydrogen-bond acceptors (Lipinski definition) is 6. The molecule has 0 atom stereocenters. The van der Waals surface area contributed by atoms with Crippen LogP contribution in [0.25, 0.3) is 28.0 Å². The molecule has 39 heavy (non-hydrogen) atoms. The van der Waals surface area contributed by atoms with E-state index < -0.39 is 0 Å². The Bertz CT molecular complexity index is 1730. The average molecular weight is 510 g/mol. The third-order valence-electron chi connectivity index (χ3n) is 6.69. The Morgan fingerprint density at radius 3 is 2.18 bits per heavy atom. The Morgan fingerprint density at radius 1 is 0.872 bits per heavy atom. The van der Waals surface area contributed by atoms with E-state index in [1.165, 1.54) is 10.9 Å². The van der Waals surface area contributed by atoms with Crippen molar-refractivity contribution in [2.24, 2.45) is 0 Å². The highest BCUT2D eigenvalue weighted by atomic mass is 16.5. The van der Waals surface area contributed by atoms with Crippen LogP contribution in [0.4, 0.5) is 5.82 Å². The van der Waals surface area contributed by atoms with Crippen molar-refractivity contribution >= 4 is 17.3 Å². The van der Waals surface area contributed by atoms with Crippen LogP contribution >= 0.6 is 0 Å². The molecule has 1 N–H and O–H groups in total. The summed E-state index contributed by atoms with van der Waals surface area (Å²) in [6.07, 6.45) is 1.92. The maximum Gasteiger partial charge on any atom is 0.280 e. The topological polar surface area (TPSA) is 92.8 Å². The van der Waals surface area contributed by atoms with Gasteiger partial charge in [-0.25, -0.2) is 4.98 Å². The third-order valence-corrected chi connectivity index (χ3v) is 6.69. The number of nitrogens with one attached hydrogen (secondary N) is 1. The van der Waals surface area contributed by atoms with E-state index in [1.54, 1.807) is 19.2 Å². The van der Waals surface area contributed by atoms with Gasteiger partial charge in [-0.3, -0.25) is 4.79 Å². The lowest BCUT2D eigenvalue weighted by atomic mass is 9.92. The van der Waals surface area contributed by atoms with Crippen molar-refractivity contribution in [3.05, 3.63) is 126 Å². The zero-order chi connectivity index (χ0) is 26.8. The van der Waals surface area contributed by atoms with Gasteiger partial charge in [0.25, 0.3) is 5.91 Å². The van der Waals surface area contributed by atoms with E-state index in [1.807, 2.05) is 84.9 Å². The zero-order valence-corrected chi connectivity index (χ0v) is 21.1. The van der Waals surface area contributed by atoms with Gasteiger partial charge in [0.2, 0.25) is 0 Å². The minimum atomic E-state index is -0.239. The molecule has 3 aromatic carbocycles. The average Bonchev–Trinajstić information content (AvgIpc) is 3.38. The molecule has 2 aromatic heterocycles. The van der Waals surface area contributed by atoms with Crippen molar-refractivity contribution in [2.45, 2.75) is 6.42 Å². The van der Waals surface area contributed by atoms with E-state index in [9.17, 15) is 10.1 Å². The number of aromatic nitrogens is 3. The molecule has 7 nitrogen and oxygen atoms in total. The van der Waals surface area contributed by atoms with Gasteiger partial charge in [-0.15, -0.1) is 0 Å². The maximum atomic E-state index is 14.2. The second kappa shape index (κ2) is 10.1. The lowest BCUT2D eigenvalue weighted by Crippen LogP contribution is -2.26. The molecular weight excluding hydrogens is 486 g/mol. The zero-order valence-electron chi connectivity index (χ0n) is 21.1. The number of carbonyl (C=O) groups excluding carboxylic acids is 1. The molecule has 1 aliphatic rings. The number of rotatable bonds is 6. The van der Waals surface area contributed by atoms with E-state index >= 15 is 0 Å². The van der Waals surface area contributed by atoms with Gasteiger partial charge in [-0.2, -0.15) is 15.0 Å². The van der Waals surface area contributed by atoms with E-state index in [0.29, 0.717) is 34.8 Å². The number of benzene rings is 3. The number of methoxy groups -OCH3 is 1. The summed E-state index contributed by atoms with van der Waals surface area (Å²) in [5.41, 5.74) is 6.76. The molecule has 1 aliphatic heterocycles. The summed E-state index contributed by atoms with van der Waals surface area (Å²) in [6, 6.07) is 32.8. The van der Waals surface area contributed by atoms with Crippen molar-refractivity contribution in [3.8, 4) is 34.2 Å². The summed E-state index contributed by atoms with van der Waals surface area (Å²) in [6.45, 7) is 0. The smallest absolute Gasteiger partial charge is 0.280 e. The van der Waals surface area contributed by atoms with Gasteiger partial charge < -0.3 is 10.1 Å². The molecule has 0 spiro atoms. The predicted octanol–water partition coefficient (Wildman–Crippen LogP) is 6.21. The molecule has 0 aliphatic carbocycles. The third kappa shape index (κ3) is 4.45. The molecule has 188 valence electrons. The first-order valence-electron chi connectivity index (χ1n) is 12.4. The molecule has 0 saturated heterocycles. The summed E-state index contributed by atoms with van der Waals surface area (Å²) < 4.78 is 6.86. The van der Waals surface area contributed by atoms with Crippen LogP contribution in [0, 0.1) is 11.3 Å². The van der Waals surface area contributed by atoms with E-state index in [2.05, 4.69) is 16.4 Å². The van der Waals surface area contributed by atoms with Gasteiger partial charge >= 0.3 is 0 Å². The first-order chi connectivity index (χ1) is 19.2. The highest BCUT2D eigenvalue weighted by Crippen LogP contribution is 2.40. The Morgan fingerprint density at radius 2 is 1.56 bits per heavy atom. The molecule has 0 amide bonds. The van der Waals surface area contributed by atoms with Crippen LogP contribution in [-0.4, -0.2) is 27.8 Å². The number of carbonyl (C=O) groups is 1. The number of anilines is 1. The van der Waals surface area contributed by atoms with Gasteiger partial charge in [0.15, 0.2) is 0 Å². The molecule has 6 rings (SSSR count). The van der Waals surface area contributed by atoms with E-state index in [4.69, 9.17) is 9.84 Å². The van der Waals surface area contributed by atoms with E-state index in [0.717, 1.165) is 33.6 Å². The van der Waals surface area contributed by atoms with Gasteiger partial charge in [-0.1, -0.05) is 72.8 Å². The van der Waals surface area contributed by atoms with Crippen molar-refractivity contribution in [1.29, 1.82) is 5.26 Å². The Hall–Kier alpha value is -5.48. The number of ether oxygens (including phenoxy) is 1. The van der Waals surface area contributed by atoms with Crippen LogP contribution in [0.5, 0.6) is 5.75 Å². The molecule has 0 bridgehead atoms. The normalized spacial score (nSPS) is 12.6. The summed E-state index contributed by atoms with van der Waals surface area (Å²) in [7, 11) is 1.61. The summed E-state index contributed by atoms with van der Waals surface area (Å²) >= 11 is 0. The fourth-order valence-electron chi connectivity index (χ4n) is 4.83. The standard InChI is InChI=1S/C32H23N5O2/c1-39-25-15-13-23(14-16-25)29-26(35-28-17-12-21(19-33)20-34-28)18-27-30(22-8-4-2-5-9-22)31(36-37(27)32(29)38)24-10-6-3-7-11-24/h2-17,20H,18H2,1H3,(H,34,35). The summed E-state index contributed by atoms with van der Waals surface area (Å²) in [5.74, 6) is 1.00. The van der Waals surface area contributed by atoms with Gasteiger partial charge in [0, 0.05) is 29.4 Å². The van der Waals surface area contributed by atoms with Gasteiger partial charge in [-0.05, 0) is 35.4 Å². The molecule has 3 heterocycles. The molecular formula is C32H23N5O2. The Labute approximate surface area is 225 Å². The molecule has 0 radical (unpaired) electrons. The summed E-state index contributed by atoms with van der Waals surface area (Å²) in [4.78, 5) is 18.6. The highest BCUT2D eigenvalue weighted by Gasteiger charge is 2.33. The second-order valence-electron chi connectivity index (χ2n) is 9.05. The lowest BCUT2D eigenvalue weighted by Gasteiger charge is -2.23.